The number of nitrogens with one attached hydrogen (secondary N) is 1. The van der Waals surface area contributed by atoms with Crippen LogP contribution in [0.3, 0.4) is 0 Å². The summed E-state index contributed by atoms with van der Waals surface area (Å²) < 4.78 is 26.2. The molecule has 1 amide bonds. The third kappa shape index (κ3) is 3.44. The van der Waals surface area contributed by atoms with Crippen molar-refractivity contribution in [2.75, 3.05) is 19.7 Å². The molecule has 0 unspecified atom stereocenters. The topological polar surface area (TPSA) is 52.6 Å². The quantitative estimate of drug-likeness (QED) is 0.861. The summed E-state index contributed by atoms with van der Waals surface area (Å²) in [4.78, 5) is 14.2. The molecule has 1 aliphatic carbocycles. The largest absolute Gasteiger partial charge is 0.396 e. The Bertz CT molecular complexity index is 563. The number of hydrogen-bond acceptors (Lipinski definition) is 3. The minimum absolute atomic E-state index is 0.00524. The average molecular weight is 310 g/mol. The van der Waals surface area contributed by atoms with Crippen LogP contribution in [0.2, 0.25) is 0 Å². The van der Waals surface area contributed by atoms with Crippen molar-refractivity contribution >= 4 is 5.91 Å². The zero-order valence-electron chi connectivity index (χ0n) is 12.3. The van der Waals surface area contributed by atoms with Crippen molar-refractivity contribution < 1.29 is 18.7 Å². The number of carbonyl (C=O) groups excluding carboxylic acids is 1. The highest BCUT2D eigenvalue weighted by atomic mass is 19.2. The Morgan fingerprint density at radius 2 is 2.05 bits per heavy atom. The van der Waals surface area contributed by atoms with Gasteiger partial charge in [-0.2, -0.15) is 0 Å². The molecule has 0 spiro atoms. The molecule has 3 rings (SSSR count). The normalized spacial score (nSPS) is 25.4. The van der Waals surface area contributed by atoms with Crippen LogP contribution in [-0.4, -0.2) is 41.7 Å². The van der Waals surface area contributed by atoms with Crippen LogP contribution in [0.5, 0.6) is 0 Å². The van der Waals surface area contributed by atoms with Gasteiger partial charge in [0.15, 0.2) is 11.6 Å². The molecule has 2 fully saturated rings. The third-order valence-electron chi connectivity index (χ3n) is 4.40. The summed E-state index contributed by atoms with van der Waals surface area (Å²) in [6, 6.07) is 4.14. The predicted molar refractivity (Wildman–Crippen MR) is 76.9 cm³/mol. The van der Waals surface area contributed by atoms with E-state index in [1.165, 1.54) is 6.07 Å². The van der Waals surface area contributed by atoms with Crippen molar-refractivity contribution in [1.82, 2.24) is 10.2 Å². The van der Waals surface area contributed by atoms with E-state index >= 15 is 0 Å². The van der Waals surface area contributed by atoms with Gasteiger partial charge in [-0.05, 0) is 30.5 Å². The monoisotopic (exact) mass is 310 g/mol. The average Bonchev–Trinajstić information content (AvgIpc) is 3.20. The van der Waals surface area contributed by atoms with Crippen molar-refractivity contribution in [3.05, 3.63) is 35.4 Å². The van der Waals surface area contributed by atoms with Gasteiger partial charge in [0.2, 0.25) is 5.91 Å². The molecule has 120 valence electrons. The lowest BCUT2D eigenvalue weighted by Gasteiger charge is -2.16. The van der Waals surface area contributed by atoms with Crippen LogP contribution in [0.4, 0.5) is 8.78 Å². The number of halogens is 2. The molecule has 2 atom stereocenters. The molecule has 1 saturated carbocycles. The molecule has 22 heavy (non-hydrogen) atoms. The molecule has 0 radical (unpaired) electrons. The van der Waals surface area contributed by atoms with Crippen molar-refractivity contribution in [2.45, 2.75) is 25.4 Å². The van der Waals surface area contributed by atoms with Crippen LogP contribution < -0.4 is 5.32 Å². The second-order valence-electron chi connectivity index (χ2n) is 6.27. The van der Waals surface area contributed by atoms with Gasteiger partial charge in [-0.15, -0.1) is 0 Å². The molecule has 1 saturated heterocycles. The van der Waals surface area contributed by atoms with Crippen LogP contribution in [0.25, 0.3) is 0 Å². The Hall–Kier alpha value is -1.53. The maximum Gasteiger partial charge on any atom is 0.225 e. The highest BCUT2D eigenvalue weighted by Gasteiger charge is 2.38. The highest BCUT2D eigenvalue weighted by Crippen LogP contribution is 2.27. The van der Waals surface area contributed by atoms with Gasteiger partial charge < -0.3 is 10.4 Å². The Balaban J connectivity index is 1.62. The van der Waals surface area contributed by atoms with Crippen LogP contribution in [0.15, 0.2) is 18.2 Å². The van der Waals surface area contributed by atoms with E-state index in [4.69, 9.17) is 0 Å². The number of amides is 1. The Labute approximate surface area is 128 Å². The van der Waals surface area contributed by atoms with Gasteiger partial charge in [0, 0.05) is 38.2 Å². The summed E-state index contributed by atoms with van der Waals surface area (Å²) >= 11 is 0. The van der Waals surface area contributed by atoms with Gasteiger partial charge in [0.05, 0.1) is 5.92 Å². The molecule has 1 heterocycles. The van der Waals surface area contributed by atoms with E-state index in [1.807, 2.05) is 4.90 Å². The first-order valence-corrected chi connectivity index (χ1v) is 7.64. The summed E-state index contributed by atoms with van der Waals surface area (Å²) in [7, 11) is 0. The number of carbonyl (C=O) groups is 1. The van der Waals surface area contributed by atoms with Crippen molar-refractivity contribution in [3.63, 3.8) is 0 Å². The first-order chi connectivity index (χ1) is 10.6. The fourth-order valence-electron chi connectivity index (χ4n) is 3.00. The number of aliphatic hydroxyl groups is 1. The van der Waals surface area contributed by atoms with E-state index < -0.39 is 11.6 Å². The molecule has 0 bridgehead atoms. The zero-order valence-corrected chi connectivity index (χ0v) is 12.3. The van der Waals surface area contributed by atoms with Crippen molar-refractivity contribution in [1.29, 1.82) is 0 Å². The second kappa shape index (κ2) is 6.30. The number of aliphatic hydroxyl groups excluding tert-OH is 1. The number of likely N-dealkylation sites (tertiary alicyclic amines) is 1. The predicted octanol–water partition coefficient (Wildman–Crippen LogP) is 1.28. The Morgan fingerprint density at radius 3 is 2.68 bits per heavy atom. The van der Waals surface area contributed by atoms with Gasteiger partial charge in [-0.25, -0.2) is 8.78 Å². The molecule has 1 aliphatic heterocycles. The fourth-order valence-corrected chi connectivity index (χ4v) is 3.00. The van der Waals surface area contributed by atoms with E-state index in [9.17, 15) is 18.7 Å². The van der Waals surface area contributed by atoms with E-state index in [0.717, 1.165) is 18.9 Å². The van der Waals surface area contributed by atoms with E-state index in [1.54, 1.807) is 6.07 Å². The van der Waals surface area contributed by atoms with Crippen LogP contribution in [-0.2, 0) is 11.3 Å². The molecule has 4 nitrogen and oxygen atoms in total. The summed E-state index contributed by atoms with van der Waals surface area (Å²) in [6.45, 7) is 1.51. The minimum atomic E-state index is -0.863. The van der Waals surface area contributed by atoms with Gasteiger partial charge in [-0.3, -0.25) is 9.69 Å². The van der Waals surface area contributed by atoms with Gasteiger partial charge in [0.25, 0.3) is 0 Å². The summed E-state index contributed by atoms with van der Waals surface area (Å²) in [6.07, 6.45) is 2.06. The fraction of sp³-hybridized carbons (Fsp3) is 0.562. The summed E-state index contributed by atoms with van der Waals surface area (Å²) in [5.74, 6) is -2.08. The SMILES string of the molecule is O=C(NC1CC1)[C@@H]1CN(Cc2ccc(F)c(F)c2)C[C@H]1CO. The summed E-state index contributed by atoms with van der Waals surface area (Å²) in [5, 5.41) is 12.5. The lowest BCUT2D eigenvalue weighted by molar-refractivity contribution is -0.126. The maximum absolute atomic E-state index is 13.3. The van der Waals surface area contributed by atoms with Crippen LogP contribution >= 0.6 is 0 Å². The molecule has 0 aromatic heterocycles. The Kier molecular flexibility index (Phi) is 4.40. The highest BCUT2D eigenvalue weighted by molar-refractivity contribution is 5.80. The first-order valence-electron chi connectivity index (χ1n) is 7.64. The lowest BCUT2D eigenvalue weighted by Crippen LogP contribution is -2.37. The van der Waals surface area contributed by atoms with E-state index in [-0.39, 0.29) is 24.3 Å². The zero-order chi connectivity index (χ0) is 15.7. The maximum atomic E-state index is 13.3. The van der Waals surface area contributed by atoms with Crippen LogP contribution in [0, 0.1) is 23.5 Å². The van der Waals surface area contributed by atoms with Gasteiger partial charge >= 0.3 is 0 Å². The lowest BCUT2D eigenvalue weighted by atomic mass is 9.96. The van der Waals surface area contributed by atoms with Crippen molar-refractivity contribution in [2.24, 2.45) is 11.8 Å². The van der Waals surface area contributed by atoms with Gasteiger partial charge in [0.1, 0.15) is 0 Å². The van der Waals surface area contributed by atoms with E-state index in [2.05, 4.69) is 5.32 Å². The standard InChI is InChI=1S/C16H20F2N2O2/c17-14-4-1-10(5-15(14)18)6-20-7-11(9-21)13(8-20)16(22)19-12-2-3-12/h1,4-5,11-13,21H,2-3,6-9H2,(H,19,22)/t11-,13+/m0/s1. The molecule has 1 aromatic rings. The number of hydrogen-bond donors (Lipinski definition) is 2. The third-order valence-corrected chi connectivity index (χ3v) is 4.40. The smallest absolute Gasteiger partial charge is 0.225 e. The number of nitrogens with zero attached hydrogens (tertiary/aromatic N) is 1. The number of rotatable bonds is 5. The second-order valence-corrected chi connectivity index (χ2v) is 6.27. The van der Waals surface area contributed by atoms with Gasteiger partial charge in [-0.1, -0.05) is 6.07 Å². The first kappa shape index (κ1) is 15.4. The molecule has 2 N–H and O–H groups in total. The van der Waals surface area contributed by atoms with Crippen LogP contribution in [0.1, 0.15) is 18.4 Å². The molecular weight excluding hydrogens is 290 g/mol. The Morgan fingerprint density at radius 1 is 1.27 bits per heavy atom. The minimum Gasteiger partial charge on any atom is -0.396 e. The molecule has 6 heteroatoms. The van der Waals surface area contributed by atoms with E-state index in [0.29, 0.717) is 31.2 Å². The molecular formula is C16H20F2N2O2. The summed E-state index contributed by atoms with van der Waals surface area (Å²) in [5.41, 5.74) is 0.666. The van der Waals surface area contributed by atoms with Crippen molar-refractivity contribution in [3.8, 4) is 0 Å². The number of benzene rings is 1. The molecule has 2 aliphatic rings. The molecule has 1 aromatic carbocycles.